The molecule has 5 aromatic carbocycles. The summed E-state index contributed by atoms with van der Waals surface area (Å²) < 4.78 is 56.6. The molecule has 0 unspecified atom stereocenters. The van der Waals surface area contributed by atoms with Crippen LogP contribution in [0.2, 0.25) is 0 Å². The smallest absolute Gasteiger partial charge is 0.455 e. The molecule has 0 fully saturated rings. The average Bonchev–Trinajstić information content (AvgIpc) is 3.19. The number of benzene rings is 5. The Morgan fingerprint density at radius 3 is 2.13 bits per heavy atom. The van der Waals surface area contributed by atoms with Gasteiger partial charge in [0.05, 0.1) is 12.2 Å². The molecular formula is C41H38F4N4O5. The van der Waals surface area contributed by atoms with Gasteiger partial charge in [-0.2, -0.15) is 18.7 Å². The molecule has 1 heterocycles. The summed E-state index contributed by atoms with van der Waals surface area (Å²) in [4.78, 5) is 41.6. The fourth-order valence-corrected chi connectivity index (χ4v) is 5.55. The summed E-state index contributed by atoms with van der Waals surface area (Å²) in [7, 11) is 0. The van der Waals surface area contributed by atoms with Gasteiger partial charge in [0.1, 0.15) is 11.6 Å². The van der Waals surface area contributed by atoms with Gasteiger partial charge in [-0.25, -0.2) is 9.18 Å². The molecule has 5 aromatic rings. The van der Waals surface area contributed by atoms with Crippen LogP contribution in [0.15, 0.2) is 121 Å². The van der Waals surface area contributed by atoms with E-state index >= 15 is 0 Å². The highest BCUT2D eigenvalue weighted by Gasteiger charge is 2.42. The van der Waals surface area contributed by atoms with E-state index < -0.39 is 36.8 Å². The number of anilines is 1. The van der Waals surface area contributed by atoms with Crippen molar-refractivity contribution in [2.45, 2.75) is 45.1 Å². The van der Waals surface area contributed by atoms with E-state index in [9.17, 15) is 31.9 Å². The van der Waals surface area contributed by atoms with Gasteiger partial charge in [0.25, 0.3) is 5.91 Å². The normalized spacial score (nSPS) is 12.0. The third-order valence-electron chi connectivity index (χ3n) is 8.35. The molecule has 0 aromatic heterocycles. The van der Waals surface area contributed by atoms with E-state index in [1.807, 2.05) is 18.2 Å². The van der Waals surface area contributed by atoms with Crippen molar-refractivity contribution >= 4 is 23.5 Å². The van der Waals surface area contributed by atoms with Crippen LogP contribution in [0.1, 0.15) is 35.1 Å². The molecule has 54 heavy (non-hydrogen) atoms. The number of nitrogens with one attached hydrogen (secondary N) is 2. The van der Waals surface area contributed by atoms with Crippen LogP contribution >= 0.6 is 0 Å². The number of amides is 2. The van der Waals surface area contributed by atoms with E-state index in [0.717, 1.165) is 29.8 Å². The van der Waals surface area contributed by atoms with Crippen LogP contribution < -0.4 is 26.2 Å². The monoisotopic (exact) mass is 742 g/mol. The number of halogens is 4. The van der Waals surface area contributed by atoms with Crippen LogP contribution in [0.5, 0.6) is 11.5 Å². The van der Waals surface area contributed by atoms with Crippen LogP contribution in [-0.2, 0) is 45.3 Å². The minimum absolute atomic E-state index is 0.0381. The number of nitrogens with zero attached hydrogens (tertiary/aromatic N) is 1. The SMILES string of the molecule is NCc1cccc(Oc2ccccc2N(Cc2ccc(-c3ccc(F)cc3)cc2)C(=O)CCC(=O)NOC(=O)C(F)(F)F)c1.c1ccc2c(c1)CCNC2. The zero-order valence-electron chi connectivity index (χ0n) is 29.1. The van der Waals surface area contributed by atoms with E-state index in [2.05, 4.69) is 34.4 Å². The van der Waals surface area contributed by atoms with E-state index in [4.69, 9.17) is 10.5 Å². The van der Waals surface area contributed by atoms with Crippen LogP contribution in [0.25, 0.3) is 11.1 Å². The lowest BCUT2D eigenvalue weighted by Gasteiger charge is -2.25. The van der Waals surface area contributed by atoms with Gasteiger partial charge < -0.3 is 25.5 Å². The van der Waals surface area contributed by atoms with Gasteiger partial charge in [0.15, 0.2) is 5.75 Å². The number of nitrogens with two attached hydrogens (primary N) is 1. The summed E-state index contributed by atoms with van der Waals surface area (Å²) in [5.74, 6) is -3.81. The van der Waals surface area contributed by atoms with Gasteiger partial charge in [-0.15, -0.1) is 0 Å². The Balaban J connectivity index is 0.000000478. The van der Waals surface area contributed by atoms with E-state index in [0.29, 0.717) is 22.7 Å². The summed E-state index contributed by atoms with van der Waals surface area (Å²) in [5.41, 5.74) is 13.6. The van der Waals surface area contributed by atoms with Gasteiger partial charge in [-0.1, -0.05) is 84.9 Å². The number of para-hydroxylation sites is 2. The number of rotatable bonds is 10. The molecule has 0 saturated heterocycles. The quantitative estimate of drug-likeness (QED) is 0.1000. The van der Waals surface area contributed by atoms with Crippen molar-refractivity contribution in [2.24, 2.45) is 5.73 Å². The molecule has 1 aliphatic heterocycles. The standard InChI is InChI=1S/C32H27F4N3O5.C9H11N/c33-25-14-12-24(13-15-25)23-10-8-21(9-11-23)20-39(30(41)17-16-29(40)38-44-31(42)32(34,35)36)27-6-1-2-7-28(27)43-26-5-3-4-22(18-26)19-37;1-2-4-9-7-10-6-5-8(9)3-1/h1-15,18H,16-17,19-20,37H2,(H,38,40);1-4,10H,5-7H2. The minimum atomic E-state index is -5.29. The number of alkyl halides is 3. The molecule has 4 N–H and O–H groups in total. The highest BCUT2D eigenvalue weighted by atomic mass is 19.4. The number of carbonyl (C=O) groups is 3. The lowest BCUT2D eigenvalue weighted by atomic mass is 10.0. The maximum atomic E-state index is 13.5. The largest absolute Gasteiger partial charge is 0.493 e. The Hall–Kier alpha value is -6.05. The molecule has 1 aliphatic rings. The highest BCUT2D eigenvalue weighted by molar-refractivity contribution is 5.96. The van der Waals surface area contributed by atoms with Crippen molar-refractivity contribution in [2.75, 3.05) is 11.4 Å². The van der Waals surface area contributed by atoms with Crippen molar-refractivity contribution in [3.05, 3.63) is 149 Å². The first-order valence-electron chi connectivity index (χ1n) is 17.1. The topological polar surface area (TPSA) is 123 Å². The Kier molecular flexibility index (Phi) is 13.5. The van der Waals surface area contributed by atoms with Crippen LogP contribution in [0.4, 0.5) is 23.2 Å². The maximum Gasteiger partial charge on any atom is 0.493 e. The molecule has 6 rings (SSSR count). The van der Waals surface area contributed by atoms with Crippen molar-refractivity contribution in [1.29, 1.82) is 0 Å². The molecule has 0 atom stereocenters. The number of ether oxygens (including phenoxy) is 1. The second-order valence-corrected chi connectivity index (χ2v) is 12.2. The molecule has 0 aliphatic carbocycles. The maximum absolute atomic E-state index is 13.5. The average molecular weight is 743 g/mol. The van der Waals surface area contributed by atoms with Gasteiger partial charge in [0, 0.05) is 25.9 Å². The number of hydroxylamine groups is 1. The Morgan fingerprint density at radius 2 is 1.44 bits per heavy atom. The van der Waals surface area contributed by atoms with E-state index in [1.165, 1.54) is 40.1 Å². The fourth-order valence-electron chi connectivity index (χ4n) is 5.55. The zero-order valence-corrected chi connectivity index (χ0v) is 29.1. The van der Waals surface area contributed by atoms with Crippen LogP contribution in [-0.4, -0.2) is 30.5 Å². The van der Waals surface area contributed by atoms with Crippen molar-refractivity contribution in [1.82, 2.24) is 10.8 Å². The first-order valence-corrected chi connectivity index (χ1v) is 17.1. The molecule has 0 saturated carbocycles. The predicted molar refractivity (Wildman–Crippen MR) is 195 cm³/mol. The van der Waals surface area contributed by atoms with Crippen LogP contribution in [0, 0.1) is 5.82 Å². The molecule has 280 valence electrons. The number of hydrogen-bond donors (Lipinski definition) is 3. The van der Waals surface area contributed by atoms with E-state index in [-0.39, 0.29) is 18.9 Å². The first-order chi connectivity index (χ1) is 26.0. The lowest BCUT2D eigenvalue weighted by Crippen LogP contribution is -2.36. The Morgan fingerprint density at radius 1 is 0.778 bits per heavy atom. The zero-order chi connectivity index (χ0) is 38.5. The molecule has 0 radical (unpaired) electrons. The van der Waals surface area contributed by atoms with Crippen molar-refractivity contribution < 1.29 is 41.5 Å². The van der Waals surface area contributed by atoms with Gasteiger partial charge in [-0.3, -0.25) is 9.59 Å². The molecule has 0 spiro atoms. The summed E-state index contributed by atoms with van der Waals surface area (Å²) in [5, 5.41) is 3.34. The lowest BCUT2D eigenvalue weighted by molar-refractivity contribution is -0.207. The second kappa shape index (κ2) is 18.6. The fraction of sp³-hybridized carbons (Fsp3) is 0.195. The number of carbonyl (C=O) groups excluding carboxylic acids is 3. The Labute approximate surface area is 309 Å². The second-order valence-electron chi connectivity index (χ2n) is 12.2. The summed E-state index contributed by atoms with van der Waals surface area (Å²) >= 11 is 0. The Bertz CT molecular complexity index is 2010. The molecular weight excluding hydrogens is 704 g/mol. The van der Waals surface area contributed by atoms with Gasteiger partial charge in [-0.05, 0) is 82.7 Å². The third-order valence-corrected chi connectivity index (χ3v) is 8.35. The van der Waals surface area contributed by atoms with Gasteiger partial charge in [0.2, 0.25) is 5.91 Å². The molecule has 0 bridgehead atoms. The number of fused-ring (bicyclic) bond motifs is 1. The predicted octanol–water partition coefficient (Wildman–Crippen LogP) is 7.53. The van der Waals surface area contributed by atoms with Crippen molar-refractivity contribution in [3.63, 3.8) is 0 Å². The third kappa shape index (κ3) is 11.2. The molecule has 2 amide bonds. The summed E-state index contributed by atoms with van der Waals surface area (Å²) in [6.45, 7) is 2.52. The first kappa shape index (κ1) is 39.2. The molecule has 9 nitrogen and oxygen atoms in total. The summed E-state index contributed by atoms with van der Waals surface area (Å²) in [6.07, 6.45) is -5.10. The molecule has 13 heteroatoms. The summed E-state index contributed by atoms with van der Waals surface area (Å²) in [6, 6.07) is 35.6. The van der Waals surface area contributed by atoms with Crippen molar-refractivity contribution in [3.8, 4) is 22.6 Å². The minimum Gasteiger partial charge on any atom is -0.455 e. The van der Waals surface area contributed by atoms with E-state index in [1.54, 1.807) is 66.7 Å². The number of hydrogen-bond acceptors (Lipinski definition) is 7. The van der Waals surface area contributed by atoms with Crippen LogP contribution in [0.3, 0.4) is 0 Å². The highest BCUT2D eigenvalue weighted by Crippen LogP contribution is 2.34. The van der Waals surface area contributed by atoms with Gasteiger partial charge >= 0.3 is 12.1 Å².